The van der Waals surface area contributed by atoms with Gasteiger partial charge in [-0.05, 0) is 24.3 Å². The van der Waals surface area contributed by atoms with E-state index in [2.05, 4.69) is 17.0 Å². The number of fused-ring (bicyclic) bond motifs is 1. The monoisotopic (exact) mass is 416 g/mol. The molecule has 2 aliphatic rings. The van der Waals surface area contributed by atoms with Gasteiger partial charge >= 0.3 is 0 Å². The molecule has 1 fully saturated rings. The van der Waals surface area contributed by atoms with Crippen LogP contribution in [0.25, 0.3) is 0 Å². The van der Waals surface area contributed by atoms with E-state index in [9.17, 15) is 13.2 Å². The van der Waals surface area contributed by atoms with E-state index in [0.29, 0.717) is 37.8 Å². The molecule has 0 saturated carbocycles. The second-order valence-electron chi connectivity index (χ2n) is 7.08. The van der Waals surface area contributed by atoms with Crippen LogP contribution in [-0.2, 0) is 14.6 Å². The maximum Gasteiger partial charge on any atom is 0.223 e. The smallest absolute Gasteiger partial charge is 0.223 e. The maximum absolute atomic E-state index is 12.7. The first-order chi connectivity index (χ1) is 14.0. The molecular weight excluding hydrogens is 392 g/mol. The van der Waals surface area contributed by atoms with Gasteiger partial charge in [-0.15, -0.1) is 0 Å². The van der Waals surface area contributed by atoms with Gasteiger partial charge in [0.15, 0.2) is 21.3 Å². The quantitative estimate of drug-likeness (QED) is 0.742. The van der Waals surface area contributed by atoms with Crippen molar-refractivity contribution in [1.82, 2.24) is 4.90 Å². The minimum atomic E-state index is -3.57. The molecule has 29 heavy (non-hydrogen) atoms. The van der Waals surface area contributed by atoms with Crippen molar-refractivity contribution in [2.75, 3.05) is 50.0 Å². The second kappa shape index (κ2) is 8.32. The van der Waals surface area contributed by atoms with Gasteiger partial charge in [0, 0.05) is 44.4 Å². The summed E-state index contributed by atoms with van der Waals surface area (Å²) in [7, 11) is -3.57. The Kier molecular flexibility index (Phi) is 5.62. The number of anilines is 1. The lowest BCUT2D eigenvalue weighted by Crippen LogP contribution is -2.49. The molecule has 1 saturated heterocycles. The highest BCUT2D eigenvalue weighted by atomic mass is 32.2. The number of nitrogens with zero attached hydrogens (tertiary/aromatic N) is 2. The summed E-state index contributed by atoms with van der Waals surface area (Å²) in [5.41, 5.74) is 1.14. The van der Waals surface area contributed by atoms with Gasteiger partial charge in [0.1, 0.15) is 13.2 Å². The Balaban J connectivity index is 1.32. The molecule has 8 heteroatoms. The Morgan fingerprint density at radius 3 is 2.31 bits per heavy atom. The Labute approximate surface area is 170 Å². The number of hydrogen-bond acceptors (Lipinski definition) is 6. The van der Waals surface area contributed by atoms with Gasteiger partial charge in [0.05, 0.1) is 10.6 Å². The lowest BCUT2D eigenvalue weighted by Gasteiger charge is -2.36. The van der Waals surface area contributed by atoms with E-state index in [0.717, 1.165) is 18.8 Å². The number of hydrogen-bond donors (Lipinski definition) is 0. The van der Waals surface area contributed by atoms with E-state index in [1.54, 1.807) is 11.0 Å². The van der Waals surface area contributed by atoms with Crippen molar-refractivity contribution in [3.05, 3.63) is 48.5 Å². The number of carbonyl (C=O) groups excluding carboxylic acids is 1. The molecule has 2 heterocycles. The summed E-state index contributed by atoms with van der Waals surface area (Å²) in [6, 6.07) is 14.7. The molecule has 2 aromatic rings. The Bertz CT molecular complexity index is 970. The summed E-state index contributed by atoms with van der Waals surface area (Å²) in [5, 5.41) is 0. The third-order valence-corrected chi connectivity index (χ3v) is 6.92. The van der Waals surface area contributed by atoms with Gasteiger partial charge in [-0.3, -0.25) is 4.79 Å². The molecular formula is C21H24N2O5S. The van der Waals surface area contributed by atoms with E-state index < -0.39 is 9.84 Å². The average Bonchev–Trinajstić information content (AvgIpc) is 2.78. The lowest BCUT2D eigenvalue weighted by molar-refractivity contribution is -0.131. The first kappa shape index (κ1) is 19.6. The zero-order chi connectivity index (χ0) is 20.3. The number of piperazine rings is 1. The van der Waals surface area contributed by atoms with Gasteiger partial charge < -0.3 is 19.3 Å². The molecule has 0 aliphatic carbocycles. The van der Waals surface area contributed by atoms with Crippen molar-refractivity contribution >= 4 is 21.4 Å². The van der Waals surface area contributed by atoms with Crippen molar-refractivity contribution in [3.63, 3.8) is 0 Å². The number of ether oxygens (including phenoxy) is 2. The van der Waals surface area contributed by atoms with Crippen LogP contribution in [-0.4, -0.2) is 64.4 Å². The van der Waals surface area contributed by atoms with Gasteiger partial charge in [0.25, 0.3) is 0 Å². The van der Waals surface area contributed by atoms with Crippen LogP contribution in [0.4, 0.5) is 5.69 Å². The van der Waals surface area contributed by atoms with Crippen LogP contribution < -0.4 is 14.4 Å². The van der Waals surface area contributed by atoms with Crippen LogP contribution in [0, 0.1) is 0 Å². The molecule has 2 aromatic carbocycles. The topological polar surface area (TPSA) is 76.1 Å². The zero-order valence-electron chi connectivity index (χ0n) is 16.1. The van der Waals surface area contributed by atoms with E-state index in [1.807, 2.05) is 18.2 Å². The van der Waals surface area contributed by atoms with Crippen molar-refractivity contribution in [3.8, 4) is 11.5 Å². The number of para-hydroxylation sites is 1. The third-order valence-electron chi connectivity index (χ3n) is 5.21. The number of benzene rings is 2. The molecule has 7 nitrogen and oxygen atoms in total. The normalized spacial score (nSPS) is 16.6. The van der Waals surface area contributed by atoms with Crippen LogP contribution in [0.5, 0.6) is 11.5 Å². The molecule has 0 spiro atoms. The fraction of sp³-hybridized carbons (Fsp3) is 0.381. The summed E-state index contributed by atoms with van der Waals surface area (Å²) in [6.07, 6.45) is -0.0257. The third kappa shape index (κ3) is 4.48. The average molecular weight is 416 g/mol. The van der Waals surface area contributed by atoms with E-state index in [4.69, 9.17) is 9.47 Å². The van der Waals surface area contributed by atoms with Crippen molar-refractivity contribution in [2.24, 2.45) is 0 Å². The molecule has 4 rings (SSSR count). The van der Waals surface area contributed by atoms with E-state index >= 15 is 0 Å². The Hall–Kier alpha value is -2.74. The summed E-state index contributed by atoms with van der Waals surface area (Å²) < 4.78 is 36.2. The number of amides is 1. The van der Waals surface area contributed by atoms with Crippen LogP contribution >= 0.6 is 0 Å². The van der Waals surface area contributed by atoms with E-state index in [-0.39, 0.29) is 23.0 Å². The highest BCUT2D eigenvalue weighted by Crippen LogP contribution is 2.32. The zero-order valence-corrected chi connectivity index (χ0v) is 16.9. The van der Waals surface area contributed by atoms with Gasteiger partial charge in [-0.2, -0.15) is 0 Å². The lowest BCUT2D eigenvalue weighted by atomic mass is 10.2. The first-order valence-electron chi connectivity index (χ1n) is 9.73. The van der Waals surface area contributed by atoms with Crippen LogP contribution in [0.1, 0.15) is 6.42 Å². The van der Waals surface area contributed by atoms with Crippen molar-refractivity contribution < 1.29 is 22.7 Å². The molecule has 0 unspecified atom stereocenters. The summed E-state index contributed by atoms with van der Waals surface area (Å²) >= 11 is 0. The highest BCUT2D eigenvalue weighted by Gasteiger charge is 2.24. The Morgan fingerprint density at radius 2 is 1.59 bits per heavy atom. The standard InChI is InChI=1S/C21H24N2O5S/c24-21(23-11-9-22(10-12-23)17-4-2-1-3-5-17)8-15-29(25,26)18-6-7-19-20(16-18)28-14-13-27-19/h1-7,16H,8-15H2. The Morgan fingerprint density at radius 1 is 0.897 bits per heavy atom. The van der Waals surface area contributed by atoms with Gasteiger partial charge in [0.2, 0.25) is 5.91 Å². The van der Waals surface area contributed by atoms with Gasteiger partial charge in [-0.1, -0.05) is 18.2 Å². The van der Waals surface area contributed by atoms with Crippen LogP contribution in [0.3, 0.4) is 0 Å². The number of sulfone groups is 1. The molecule has 0 radical (unpaired) electrons. The van der Waals surface area contributed by atoms with Crippen molar-refractivity contribution in [2.45, 2.75) is 11.3 Å². The first-order valence-corrected chi connectivity index (χ1v) is 11.4. The molecule has 0 N–H and O–H groups in total. The predicted molar refractivity (Wildman–Crippen MR) is 109 cm³/mol. The fourth-order valence-electron chi connectivity index (χ4n) is 3.57. The molecule has 2 aliphatic heterocycles. The van der Waals surface area contributed by atoms with Crippen LogP contribution in [0.2, 0.25) is 0 Å². The fourth-order valence-corrected chi connectivity index (χ4v) is 4.81. The molecule has 154 valence electrons. The summed E-state index contributed by atoms with van der Waals surface area (Å²) in [5.74, 6) is 0.631. The SMILES string of the molecule is O=C(CCS(=O)(=O)c1ccc2c(c1)OCCO2)N1CCN(c2ccccc2)CC1. The minimum Gasteiger partial charge on any atom is -0.486 e. The van der Waals surface area contributed by atoms with E-state index in [1.165, 1.54) is 12.1 Å². The number of carbonyl (C=O) groups is 1. The highest BCUT2D eigenvalue weighted by molar-refractivity contribution is 7.91. The summed E-state index contributed by atoms with van der Waals surface area (Å²) in [4.78, 5) is 16.7. The predicted octanol–water partition coefficient (Wildman–Crippen LogP) is 1.97. The largest absolute Gasteiger partial charge is 0.486 e. The van der Waals surface area contributed by atoms with Crippen molar-refractivity contribution in [1.29, 1.82) is 0 Å². The van der Waals surface area contributed by atoms with Crippen LogP contribution in [0.15, 0.2) is 53.4 Å². The van der Waals surface area contributed by atoms with Gasteiger partial charge in [-0.25, -0.2) is 8.42 Å². The minimum absolute atomic E-state index is 0.0257. The molecule has 0 atom stereocenters. The second-order valence-corrected chi connectivity index (χ2v) is 9.19. The number of rotatable bonds is 5. The summed E-state index contributed by atoms with van der Waals surface area (Å²) in [6.45, 7) is 3.51. The molecule has 1 amide bonds. The molecule has 0 bridgehead atoms. The maximum atomic E-state index is 12.7. The molecule has 0 aromatic heterocycles.